The van der Waals surface area contributed by atoms with Crippen LogP contribution in [0.2, 0.25) is 0 Å². The van der Waals surface area contributed by atoms with Crippen molar-refractivity contribution in [1.82, 2.24) is 15.2 Å². The Labute approximate surface area is 205 Å². The molecule has 2 amide bonds. The molecule has 2 aromatic carbocycles. The molecule has 9 heteroatoms. The number of furan rings is 1. The molecule has 4 aromatic rings. The molecule has 6 rings (SSSR count). The molecule has 1 atom stereocenters. The van der Waals surface area contributed by atoms with Gasteiger partial charge in [0.1, 0.15) is 17.6 Å². The van der Waals surface area contributed by atoms with Crippen LogP contribution in [-0.2, 0) is 22.6 Å². The van der Waals surface area contributed by atoms with Gasteiger partial charge in [0.2, 0.25) is 5.91 Å². The molecule has 174 valence electrons. The number of carbonyl (C=O) groups excluding carboxylic acids is 2. The number of hydrogen-bond acceptors (Lipinski definition) is 6. The van der Waals surface area contributed by atoms with E-state index in [1.54, 1.807) is 23.3 Å². The zero-order chi connectivity index (χ0) is 23.8. The first-order valence-electron chi connectivity index (χ1n) is 11.2. The smallest absolute Gasteiger partial charge is 0.259 e. The van der Waals surface area contributed by atoms with Crippen LogP contribution in [0.3, 0.4) is 0 Å². The normalized spacial score (nSPS) is 16.6. The number of benzene rings is 2. The van der Waals surface area contributed by atoms with Gasteiger partial charge in [0, 0.05) is 29.1 Å². The van der Waals surface area contributed by atoms with Gasteiger partial charge in [-0.15, -0.1) is 0 Å². The maximum Gasteiger partial charge on any atom is 0.259 e. The van der Waals surface area contributed by atoms with Crippen LogP contribution >= 0.6 is 11.8 Å². The Balaban J connectivity index is 1.23. The molecule has 0 saturated carbocycles. The predicted molar refractivity (Wildman–Crippen MR) is 136 cm³/mol. The number of H-pyrrole nitrogens is 1. The Kier molecular flexibility index (Phi) is 5.46. The lowest BCUT2D eigenvalue weighted by Crippen LogP contribution is -2.42. The fourth-order valence-electron chi connectivity index (χ4n) is 4.32. The number of para-hydroxylation sites is 2. The average molecular weight is 484 g/mol. The van der Waals surface area contributed by atoms with Crippen molar-refractivity contribution in [3.05, 3.63) is 90.0 Å². The van der Waals surface area contributed by atoms with Gasteiger partial charge in [0.15, 0.2) is 5.17 Å². The predicted octanol–water partition coefficient (Wildman–Crippen LogP) is 4.01. The zero-order valence-corrected chi connectivity index (χ0v) is 19.4. The second kappa shape index (κ2) is 8.92. The van der Waals surface area contributed by atoms with E-state index in [1.807, 2.05) is 54.7 Å². The Hall–Kier alpha value is -4.11. The van der Waals surface area contributed by atoms with Gasteiger partial charge in [0.05, 0.1) is 24.2 Å². The van der Waals surface area contributed by atoms with Gasteiger partial charge in [-0.3, -0.25) is 14.6 Å². The number of rotatable bonds is 6. The van der Waals surface area contributed by atoms with Crippen molar-refractivity contribution in [3.8, 4) is 0 Å². The highest BCUT2D eigenvalue weighted by atomic mass is 32.2. The van der Waals surface area contributed by atoms with Crippen LogP contribution < -0.4 is 5.32 Å². The maximum absolute atomic E-state index is 13.5. The van der Waals surface area contributed by atoms with Crippen molar-refractivity contribution in [1.29, 1.82) is 0 Å². The number of hydrogen-bond donors (Lipinski definition) is 2. The third-order valence-corrected chi connectivity index (χ3v) is 6.95. The fraction of sp³-hybridized carbons (Fsp3) is 0.154. The topological polar surface area (TPSA) is 103 Å². The van der Waals surface area contributed by atoms with Crippen LogP contribution in [0, 0.1) is 0 Å². The molecule has 0 bridgehead atoms. The molecular formula is C26H21N5O3S. The Morgan fingerprint density at radius 2 is 1.97 bits per heavy atom. The quantitative estimate of drug-likeness (QED) is 0.432. The summed E-state index contributed by atoms with van der Waals surface area (Å²) >= 11 is 1.22. The fourth-order valence-corrected chi connectivity index (χ4v) is 5.15. The van der Waals surface area contributed by atoms with Crippen LogP contribution in [0.15, 0.2) is 87.5 Å². The van der Waals surface area contributed by atoms with Crippen molar-refractivity contribution in [2.45, 2.75) is 19.0 Å². The minimum atomic E-state index is -0.561. The molecule has 8 nitrogen and oxygen atoms in total. The van der Waals surface area contributed by atoms with Crippen molar-refractivity contribution in [2.24, 2.45) is 9.98 Å². The van der Waals surface area contributed by atoms with E-state index in [1.165, 1.54) is 11.8 Å². The SMILES string of the molecule is O=C(CSC1=Nc2ccccc2C2=N[C@H](Cc3c[nH]c4ccccc34)C(=O)N12)NCc1ccco1. The lowest BCUT2D eigenvalue weighted by molar-refractivity contribution is -0.124. The first-order valence-corrected chi connectivity index (χ1v) is 12.2. The Morgan fingerprint density at radius 1 is 1.11 bits per heavy atom. The molecule has 2 aliphatic rings. The molecule has 0 aliphatic carbocycles. The maximum atomic E-state index is 13.5. The summed E-state index contributed by atoms with van der Waals surface area (Å²) in [4.78, 5) is 40.3. The molecule has 2 aromatic heterocycles. The lowest BCUT2D eigenvalue weighted by Gasteiger charge is -2.25. The summed E-state index contributed by atoms with van der Waals surface area (Å²) in [6.07, 6.45) is 3.99. The zero-order valence-electron chi connectivity index (χ0n) is 18.6. The average Bonchev–Trinajstić information content (AvgIpc) is 3.62. The molecule has 0 unspecified atom stereocenters. The van der Waals surface area contributed by atoms with Crippen molar-refractivity contribution in [3.63, 3.8) is 0 Å². The highest BCUT2D eigenvalue weighted by molar-refractivity contribution is 8.14. The van der Waals surface area contributed by atoms with E-state index in [4.69, 9.17) is 14.4 Å². The van der Waals surface area contributed by atoms with E-state index >= 15 is 0 Å². The Bertz CT molecular complexity index is 1490. The summed E-state index contributed by atoms with van der Waals surface area (Å²) in [5.74, 6) is 1.07. The van der Waals surface area contributed by atoms with Gasteiger partial charge in [0.25, 0.3) is 5.91 Å². The third kappa shape index (κ3) is 4.04. The number of aromatic amines is 1. The van der Waals surface area contributed by atoms with E-state index in [-0.39, 0.29) is 17.6 Å². The van der Waals surface area contributed by atoms with Crippen LogP contribution in [0.1, 0.15) is 16.9 Å². The molecule has 0 radical (unpaired) electrons. The van der Waals surface area contributed by atoms with Crippen molar-refractivity contribution in [2.75, 3.05) is 5.75 Å². The summed E-state index contributed by atoms with van der Waals surface area (Å²) in [5.41, 5.74) is 3.62. The molecule has 2 N–H and O–H groups in total. The highest BCUT2D eigenvalue weighted by Crippen LogP contribution is 2.34. The van der Waals surface area contributed by atoms with E-state index in [0.717, 1.165) is 27.7 Å². The van der Waals surface area contributed by atoms with Crippen molar-refractivity contribution >= 4 is 51.2 Å². The number of amidine groups is 2. The van der Waals surface area contributed by atoms with E-state index in [0.29, 0.717) is 29.7 Å². The molecule has 0 saturated heterocycles. The van der Waals surface area contributed by atoms with Gasteiger partial charge >= 0.3 is 0 Å². The number of carbonyl (C=O) groups is 2. The van der Waals surface area contributed by atoms with Crippen LogP contribution in [0.25, 0.3) is 10.9 Å². The summed E-state index contributed by atoms with van der Waals surface area (Å²) in [7, 11) is 0. The standard InChI is InChI=1S/C26H21N5O3S/c32-23(28-14-17-6-5-11-34-17)15-35-26-30-21-10-4-2-8-19(21)24-29-22(25(33)31(24)26)12-16-13-27-20-9-3-1-7-18(16)20/h1-11,13,22,27H,12,14-15H2,(H,28,32)/t22-/m1/s1. The monoisotopic (exact) mass is 483 g/mol. The summed E-state index contributed by atoms with van der Waals surface area (Å²) in [6.45, 7) is 0.309. The van der Waals surface area contributed by atoms with Gasteiger partial charge in [-0.05, 0) is 35.9 Å². The highest BCUT2D eigenvalue weighted by Gasteiger charge is 2.41. The van der Waals surface area contributed by atoms with Gasteiger partial charge in [-0.1, -0.05) is 42.1 Å². The molecule has 0 spiro atoms. The number of thioether (sulfide) groups is 1. The Morgan fingerprint density at radius 3 is 2.86 bits per heavy atom. The second-order valence-corrected chi connectivity index (χ2v) is 9.20. The first kappa shape index (κ1) is 21.4. The second-order valence-electron chi connectivity index (χ2n) is 8.26. The van der Waals surface area contributed by atoms with E-state index in [9.17, 15) is 9.59 Å². The number of amides is 2. The van der Waals surface area contributed by atoms with Crippen molar-refractivity contribution < 1.29 is 14.0 Å². The number of aliphatic imine (C=N–C) groups is 2. The molecule has 2 aliphatic heterocycles. The summed E-state index contributed by atoms with van der Waals surface area (Å²) in [5, 5.41) is 4.37. The van der Waals surface area contributed by atoms with Gasteiger partial charge < -0.3 is 14.7 Å². The molecule has 35 heavy (non-hydrogen) atoms. The number of nitrogens with one attached hydrogen (secondary N) is 2. The van der Waals surface area contributed by atoms with Crippen LogP contribution in [-0.4, -0.2) is 44.5 Å². The number of fused-ring (bicyclic) bond motifs is 4. The van der Waals surface area contributed by atoms with Crippen LogP contribution in [0.4, 0.5) is 5.69 Å². The van der Waals surface area contributed by atoms with Crippen LogP contribution in [0.5, 0.6) is 0 Å². The lowest BCUT2D eigenvalue weighted by atomic mass is 10.1. The summed E-state index contributed by atoms with van der Waals surface area (Å²) < 4.78 is 5.25. The van der Waals surface area contributed by atoms with Gasteiger partial charge in [-0.25, -0.2) is 9.89 Å². The molecule has 4 heterocycles. The third-order valence-electron chi connectivity index (χ3n) is 6.01. The van der Waals surface area contributed by atoms with E-state index in [2.05, 4.69) is 10.3 Å². The minimum Gasteiger partial charge on any atom is -0.467 e. The van der Waals surface area contributed by atoms with Gasteiger partial charge in [-0.2, -0.15) is 0 Å². The number of nitrogens with zero attached hydrogens (tertiary/aromatic N) is 3. The summed E-state index contributed by atoms with van der Waals surface area (Å²) in [6, 6.07) is 18.7. The largest absolute Gasteiger partial charge is 0.467 e. The minimum absolute atomic E-state index is 0.117. The van der Waals surface area contributed by atoms with E-state index < -0.39 is 6.04 Å². The number of aromatic nitrogens is 1. The first-order chi connectivity index (χ1) is 17.2. The molecule has 0 fully saturated rings. The molecular weight excluding hydrogens is 462 g/mol.